The Morgan fingerprint density at radius 2 is 1.33 bits per heavy atom. The fraction of sp³-hybridized carbons (Fsp3) is 0.333. The van der Waals surface area contributed by atoms with E-state index in [0.717, 1.165) is 4.90 Å². The average Bonchev–Trinajstić information content (AvgIpc) is 1.88. The molecule has 0 saturated heterocycles. The number of rotatable bonds is 1. The van der Waals surface area contributed by atoms with Crippen molar-refractivity contribution in [2.45, 2.75) is 24.7 Å². The summed E-state index contributed by atoms with van der Waals surface area (Å²) in [5, 5.41) is 0. The minimum Gasteiger partial charge on any atom is -0.269 e. The van der Waals surface area contributed by atoms with Crippen LogP contribution in [0.25, 0.3) is 0 Å². The second kappa shape index (κ2) is 13.4. The number of benzene rings is 1. The first kappa shape index (κ1) is 29.3. The standard InChI is InChI=1S/C9H11S.ClH.4FH/c1-7(2)8-5-3-4-6-9(8)10;;;;;/h3-7H,1-2H3;5*1H. The molecule has 0 unspecified atom stereocenters. The third kappa shape index (κ3) is 8.44. The zero-order valence-electron chi connectivity index (χ0n) is 8.34. The van der Waals surface area contributed by atoms with E-state index in [1.54, 1.807) is 0 Å². The molecular weight excluding hydrogens is 252 g/mol. The quantitative estimate of drug-likeness (QED) is 0.662. The lowest BCUT2D eigenvalue weighted by Crippen LogP contribution is -1.87. The number of hydrogen-bond acceptors (Lipinski definition) is 0. The third-order valence-corrected chi connectivity index (χ3v) is 1.91. The van der Waals surface area contributed by atoms with E-state index in [9.17, 15) is 0 Å². The van der Waals surface area contributed by atoms with E-state index in [0.29, 0.717) is 5.92 Å². The molecule has 6 heteroatoms. The van der Waals surface area contributed by atoms with Gasteiger partial charge in [0.2, 0.25) is 0 Å². The molecule has 0 amide bonds. The van der Waals surface area contributed by atoms with Crippen LogP contribution in [-0.2, 0) is 0 Å². The molecule has 0 aliphatic rings. The van der Waals surface area contributed by atoms with Crippen LogP contribution in [0.2, 0.25) is 0 Å². The number of halogens is 5. The van der Waals surface area contributed by atoms with Gasteiger partial charge in [-0.3, -0.25) is 18.8 Å². The van der Waals surface area contributed by atoms with Crippen molar-refractivity contribution in [3.05, 3.63) is 29.8 Å². The fourth-order valence-corrected chi connectivity index (χ4v) is 1.34. The molecule has 0 N–H and O–H groups in total. The van der Waals surface area contributed by atoms with Crippen molar-refractivity contribution in [2.24, 2.45) is 0 Å². The van der Waals surface area contributed by atoms with Gasteiger partial charge in [-0.25, -0.2) is 0 Å². The van der Waals surface area contributed by atoms with Crippen molar-refractivity contribution in [1.29, 1.82) is 0 Å². The van der Waals surface area contributed by atoms with Crippen molar-refractivity contribution in [3.8, 4) is 0 Å². The molecule has 0 heterocycles. The first-order chi connectivity index (χ1) is 4.72. The van der Waals surface area contributed by atoms with Crippen LogP contribution >= 0.6 is 25.0 Å². The van der Waals surface area contributed by atoms with Gasteiger partial charge in [-0.15, -0.1) is 12.4 Å². The Bertz CT molecular complexity index is 233. The van der Waals surface area contributed by atoms with Gasteiger partial charge < -0.3 is 0 Å². The van der Waals surface area contributed by atoms with Crippen LogP contribution < -0.4 is 0 Å². The van der Waals surface area contributed by atoms with E-state index >= 15 is 0 Å². The predicted molar refractivity (Wildman–Crippen MR) is 63.6 cm³/mol. The first-order valence-electron chi connectivity index (χ1n) is 3.47. The molecule has 15 heavy (non-hydrogen) atoms. The van der Waals surface area contributed by atoms with Crippen LogP contribution in [0, 0.1) is 0 Å². The maximum atomic E-state index is 5.13. The largest absolute Gasteiger partial charge is 0.269 e. The predicted octanol–water partition coefficient (Wildman–Crippen LogP) is 4.40. The summed E-state index contributed by atoms with van der Waals surface area (Å²) in [5.41, 5.74) is 1.28. The lowest BCUT2D eigenvalue weighted by Gasteiger charge is -2.05. The molecule has 0 aliphatic heterocycles. The molecule has 0 spiro atoms. The fourth-order valence-electron chi connectivity index (χ4n) is 0.958. The summed E-state index contributed by atoms with van der Waals surface area (Å²) >= 11 is 5.13. The Labute approximate surface area is 98.7 Å². The smallest absolute Gasteiger partial charge is 0.0411 e. The van der Waals surface area contributed by atoms with Crippen LogP contribution in [0.5, 0.6) is 0 Å². The molecule has 0 atom stereocenters. The van der Waals surface area contributed by atoms with E-state index in [1.165, 1.54) is 5.56 Å². The normalized spacial score (nSPS) is 6.87. The van der Waals surface area contributed by atoms with E-state index < -0.39 is 0 Å². The molecule has 93 valence electrons. The maximum Gasteiger partial charge on any atom is 0.0411 e. The van der Waals surface area contributed by atoms with Crippen molar-refractivity contribution in [3.63, 3.8) is 0 Å². The van der Waals surface area contributed by atoms with Crippen LogP contribution in [0.3, 0.4) is 0 Å². The molecule has 0 nitrogen and oxygen atoms in total. The van der Waals surface area contributed by atoms with E-state index in [1.807, 2.05) is 18.2 Å². The minimum absolute atomic E-state index is 0. The Morgan fingerprint density at radius 3 is 1.60 bits per heavy atom. The molecule has 0 saturated carbocycles. The summed E-state index contributed by atoms with van der Waals surface area (Å²) < 4.78 is 0. The van der Waals surface area contributed by atoms with Crippen molar-refractivity contribution < 1.29 is 18.8 Å². The topological polar surface area (TPSA) is 0 Å². The van der Waals surface area contributed by atoms with Gasteiger partial charge in [0.05, 0.1) is 0 Å². The van der Waals surface area contributed by atoms with Gasteiger partial charge in [-0.05, 0) is 17.5 Å². The highest BCUT2D eigenvalue weighted by Gasteiger charge is 2.01. The van der Waals surface area contributed by atoms with Gasteiger partial charge in [0.25, 0.3) is 0 Å². The Balaban J connectivity index is -0.0000000667. The number of hydrogen-bond donors (Lipinski definition) is 0. The monoisotopic (exact) mass is 267 g/mol. The zero-order chi connectivity index (χ0) is 7.56. The van der Waals surface area contributed by atoms with Crippen molar-refractivity contribution in [1.82, 2.24) is 0 Å². The van der Waals surface area contributed by atoms with Crippen LogP contribution in [0.15, 0.2) is 29.2 Å². The molecule has 0 fully saturated rings. The van der Waals surface area contributed by atoms with Gasteiger partial charge in [0, 0.05) is 4.90 Å². The van der Waals surface area contributed by atoms with Gasteiger partial charge >= 0.3 is 0 Å². The SMILES string of the molecule is CC(C)c1ccccc1[S].Cl.F.F.F.F. The molecule has 1 aromatic rings. The molecule has 0 bridgehead atoms. The second-order valence-corrected chi connectivity index (χ2v) is 3.13. The Hall–Kier alpha value is -0.550. The molecule has 1 radical (unpaired) electrons. The van der Waals surface area contributed by atoms with Gasteiger partial charge in [-0.1, -0.05) is 44.7 Å². The highest BCUT2D eigenvalue weighted by molar-refractivity contribution is 7.80. The first-order valence-corrected chi connectivity index (χ1v) is 3.88. The summed E-state index contributed by atoms with van der Waals surface area (Å²) in [6.07, 6.45) is 0. The van der Waals surface area contributed by atoms with E-state index in [-0.39, 0.29) is 31.2 Å². The molecule has 0 aliphatic carbocycles. The Morgan fingerprint density at radius 1 is 0.933 bits per heavy atom. The Kier molecular flexibility index (Phi) is 26.2. The highest BCUT2D eigenvalue weighted by atomic mass is 35.5. The van der Waals surface area contributed by atoms with Crippen molar-refractivity contribution >= 4 is 25.0 Å². The van der Waals surface area contributed by atoms with E-state index in [2.05, 4.69) is 19.9 Å². The van der Waals surface area contributed by atoms with Gasteiger partial charge in [0.15, 0.2) is 0 Å². The highest BCUT2D eigenvalue weighted by Crippen LogP contribution is 2.21. The molecule has 1 aromatic carbocycles. The second-order valence-electron chi connectivity index (χ2n) is 2.69. The lowest BCUT2D eigenvalue weighted by molar-refractivity contribution is 0.843. The van der Waals surface area contributed by atoms with E-state index in [4.69, 9.17) is 12.6 Å². The zero-order valence-corrected chi connectivity index (χ0v) is 9.97. The lowest BCUT2D eigenvalue weighted by atomic mass is 10.0. The van der Waals surface area contributed by atoms with Crippen LogP contribution in [0.1, 0.15) is 25.3 Å². The summed E-state index contributed by atoms with van der Waals surface area (Å²) in [7, 11) is 0. The summed E-state index contributed by atoms with van der Waals surface area (Å²) in [6, 6.07) is 8.08. The molecular formula is C9H16ClF4S. The van der Waals surface area contributed by atoms with Gasteiger partial charge in [0.1, 0.15) is 0 Å². The maximum absolute atomic E-state index is 5.13. The summed E-state index contributed by atoms with van der Waals surface area (Å²) in [4.78, 5) is 0.984. The van der Waals surface area contributed by atoms with Crippen LogP contribution in [-0.4, -0.2) is 0 Å². The summed E-state index contributed by atoms with van der Waals surface area (Å²) in [6.45, 7) is 4.32. The third-order valence-electron chi connectivity index (χ3n) is 1.54. The van der Waals surface area contributed by atoms with Gasteiger partial charge in [-0.2, -0.15) is 0 Å². The molecule has 1 rings (SSSR count). The average molecular weight is 268 g/mol. The minimum atomic E-state index is 0. The van der Waals surface area contributed by atoms with Crippen LogP contribution in [0.4, 0.5) is 18.8 Å². The summed E-state index contributed by atoms with van der Waals surface area (Å²) in [5.74, 6) is 0.550. The molecule has 0 aromatic heterocycles. The van der Waals surface area contributed by atoms with Crippen molar-refractivity contribution in [2.75, 3.05) is 0 Å².